The first-order valence-corrected chi connectivity index (χ1v) is 8.40. The van der Waals surface area contributed by atoms with Crippen molar-refractivity contribution in [3.63, 3.8) is 0 Å². The van der Waals surface area contributed by atoms with E-state index in [9.17, 15) is 9.59 Å². The summed E-state index contributed by atoms with van der Waals surface area (Å²) in [6.45, 7) is 5.20. The number of likely N-dealkylation sites (tertiary alicyclic amines) is 1. The highest BCUT2D eigenvalue weighted by molar-refractivity contribution is 6.42. The van der Waals surface area contributed by atoms with Crippen molar-refractivity contribution < 1.29 is 9.59 Å². The Morgan fingerprint density at radius 1 is 1.30 bits per heavy atom. The highest BCUT2D eigenvalue weighted by Gasteiger charge is 2.26. The number of carbonyl (C=O) groups is 2. The molecule has 0 unspecified atom stereocenters. The first-order chi connectivity index (χ1) is 11.0. The van der Waals surface area contributed by atoms with E-state index >= 15 is 0 Å². The van der Waals surface area contributed by atoms with Crippen LogP contribution in [0.1, 0.15) is 18.4 Å². The van der Waals surface area contributed by atoms with Crippen LogP contribution in [0.15, 0.2) is 30.9 Å². The van der Waals surface area contributed by atoms with Crippen LogP contribution in [-0.4, -0.2) is 36.3 Å². The van der Waals surface area contributed by atoms with Gasteiger partial charge in [-0.3, -0.25) is 9.59 Å². The second-order valence-corrected chi connectivity index (χ2v) is 6.34. The number of nitrogens with one attached hydrogen (secondary N) is 1. The Labute approximate surface area is 146 Å². The molecule has 124 valence electrons. The summed E-state index contributed by atoms with van der Waals surface area (Å²) in [4.78, 5) is 25.4. The van der Waals surface area contributed by atoms with Crippen LogP contribution in [0, 0.1) is 5.92 Å². The summed E-state index contributed by atoms with van der Waals surface area (Å²) in [5.41, 5.74) is 0.922. The standard InChI is InChI=1S/C17H20Cl2N2O2/c1-2-15(22)21-10-7-13(8-11-21)17(23)20-9-6-12-4-3-5-14(18)16(12)19/h2-5,13H,1,6-11H2,(H,20,23). The Morgan fingerprint density at radius 3 is 2.65 bits per heavy atom. The quantitative estimate of drug-likeness (QED) is 0.826. The lowest BCUT2D eigenvalue weighted by Crippen LogP contribution is -2.42. The number of amides is 2. The first-order valence-electron chi connectivity index (χ1n) is 7.65. The maximum absolute atomic E-state index is 12.2. The smallest absolute Gasteiger partial charge is 0.245 e. The molecule has 2 amide bonds. The molecule has 4 nitrogen and oxygen atoms in total. The van der Waals surface area contributed by atoms with E-state index in [2.05, 4.69) is 11.9 Å². The highest BCUT2D eigenvalue weighted by Crippen LogP contribution is 2.25. The molecule has 1 fully saturated rings. The van der Waals surface area contributed by atoms with E-state index in [-0.39, 0.29) is 17.7 Å². The molecule has 2 rings (SSSR count). The van der Waals surface area contributed by atoms with Crippen LogP contribution >= 0.6 is 23.2 Å². The number of benzene rings is 1. The molecule has 1 saturated heterocycles. The molecule has 23 heavy (non-hydrogen) atoms. The maximum atomic E-state index is 12.2. The Balaban J connectivity index is 1.77. The fourth-order valence-corrected chi connectivity index (χ4v) is 3.11. The second kappa shape index (κ2) is 8.37. The van der Waals surface area contributed by atoms with Crippen molar-refractivity contribution in [1.29, 1.82) is 0 Å². The Bertz CT molecular complexity index is 596. The fraction of sp³-hybridized carbons (Fsp3) is 0.412. The lowest BCUT2D eigenvalue weighted by Gasteiger charge is -2.30. The summed E-state index contributed by atoms with van der Waals surface area (Å²) >= 11 is 12.1. The molecule has 1 aliphatic heterocycles. The zero-order valence-corrected chi connectivity index (χ0v) is 14.4. The van der Waals surface area contributed by atoms with E-state index in [0.29, 0.717) is 48.9 Å². The number of rotatable bonds is 5. The summed E-state index contributed by atoms with van der Waals surface area (Å²) in [6, 6.07) is 5.49. The van der Waals surface area contributed by atoms with E-state index < -0.39 is 0 Å². The Morgan fingerprint density at radius 2 is 2.00 bits per heavy atom. The predicted molar refractivity (Wildman–Crippen MR) is 92.7 cm³/mol. The molecule has 0 saturated carbocycles. The monoisotopic (exact) mass is 354 g/mol. The predicted octanol–water partition coefficient (Wildman–Crippen LogP) is 3.08. The summed E-state index contributed by atoms with van der Waals surface area (Å²) in [5.74, 6) is -0.0768. The van der Waals surface area contributed by atoms with Crippen molar-refractivity contribution in [1.82, 2.24) is 10.2 Å². The van der Waals surface area contributed by atoms with Gasteiger partial charge in [-0.05, 0) is 37.0 Å². The number of piperidine rings is 1. The van der Waals surface area contributed by atoms with Gasteiger partial charge in [0.25, 0.3) is 0 Å². The van der Waals surface area contributed by atoms with E-state index in [1.165, 1.54) is 6.08 Å². The third-order valence-corrected chi connectivity index (χ3v) is 4.94. The van der Waals surface area contributed by atoms with Gasteiger partial charge < -0.3 is 10.2 Å². The van der Waals surface area contributed by atoms with Gasteiger partial charge in [-0.2, -0.15) is 0 Å². The Kier molecular flexibility index (Phi) is 6.48. The number of hydrogen-bond acceptors (Lipinski definition) is 2. The topological polar surface area (TPSA) is 49.4 Å². The minimum absolute atomic E-state index is 0.0360. The number of hydrogen-bond donors (Lipinski definition) is 1. The molecule has 1 aromatic carbocycles. The van der Waals surface area contributed by atoms with Crippen LogP contribution in [0.4, 0.5) is 0 Å². The molecule has 6 heteroatoms. The minimum Gasteiger partial charge on any atom is -0.356 e. The van der Waals surface area contributed by atoms with Gasteiger partial charge in [-0.25, -0.2) is 0 Å². The molecule has 0 aliphatic carbocycles. The molecule has 0 radical (unpaired) electrons. The van der Waals surface area contributed by atoms with Crippen molar-refractivity contribution in [2.45, 2.75) is 19.3 Å². The molecular formula is C17H20Cl2N2O2. The molecule has 1 aliphatic rings. The zero-order chi connectivity index (χ0) is 16.8. The van der Waals surface area contributed by atoms with Crippen LogP contribution < -0.4 is 5.32 Å². The first kappa shape index (κ1) is 17.8. The maximum Gasteiger partial charge on any atom is 0.245 e. The minimum atomic E-state index is -0.0699. The van der Waals surface area contributed by atoms with E-state index in [0.717, 1.165) is 5.56 Å². The van der Waals surface area contributed by atoms with Crippen LogP contribution in [0.3, 0.4) is 0 Å². The van der Waals surface area contributed by atoms with E-state index in [1.807, 2.05) is 12.1 Å². The molecule has 0 aromatic heterocycles. The third-order valence-electron chi connectivity index (χ3n) is 4.08. The van der Waals surface area contributed by atoms with Gasteiger partial charge in [0, 0.05) is 25.6 Å². The number of nitrogens with zero attached hydrogens (tertiary/aromatic N) is 1. The molecule has 0 bridgehead atoms. The lowest BCUT2D eigenvalue weighted by atomic mass is 9.95. The summed E-state index contributed by atoms with van der Waals surface area (Å²) in [6.07, 6.45) is 3.32. The van der Waals surface area contributed by atoms with Gasteiger partial charge in [0.2, 0.25) is 11.8 Å². The normalized spacial score (nSPS) is 15.3. The largest absolute Gasteiger partial charge is 0.356 e. The van der Waals surface area contributed by atoms with Gasteiger partial charge in [-0.15, -0.1) is 0 Å². The van der Waals surface area contributed by atoms with Crippen molar-refractivity contribution in [2.75, 3.05) is 19.6 Å². The summed E-state index contributed by atoms with van der Waals surface area (Å²) < 4.78 is 0. The zero-order valence-electron chi connectivity index (χ0n) is 12.9. The molecule has 1 N–H and O–H groups in total. The molecule has 0 atom stereocenters. The SMILES string of the molecule is C=CC(=O)N1CCC(C(=O)NCCc2cccc(Cl)c2Cl)CC1. The van der Waals surface area contributed by atoms with Gasteiger partial charge >= 0.3 is 0 Å². The third kappa shape index (κ3) is 4.72. The number of halogens is 2. The molecular weight excluding hydrogens is 335 g/mol. The molecule has 1 aromatic rings. The number of carbonyl (C=O) groups excluding carboxylic acids is 2. The van der Waals surface area contributed by atoms with Crippen molar-refractivity contribution >= 4 is 35.0 Å². The van der Waals surface area contributed by atoms with Crippen LogP contribution in [0.25, 0.3) is 0 Å². The fourth-order valence-electron chi connectivity index (χ4n) is 2.70. The van der Waals surface area contributed by atoms with E-state index in [4.69, 9.17) is 23.2 Å². The second-order valence-electron chi connectivity index (χ2n) is 5.56. The van der Waals surface area contributed by atoms with Crippen LogP contribution in [0.2, 0.25) is 10.0 Å². The van der Waals surface area contributed by atoms with Crippen molar-refractivity contribution in [3.8, 4) is 0 Å². The molecule has 1 heterocycles. The Hall–Kier alpha value is -1.52. The highest BCUT2D eigenvalue weighted by atomic mass is 35.5. The van der Waals surface area contributed by atoms with Crippen LogP contribution in [0.5, 0.6) is 0 Å². The summed E-state index contributed by atoms with van der Waals surface area (Å²) in [7, 11) is 0. The van der Waals surface area contributed by atoms with Gasteiger partial charge in [0.1, 0.15) is 0 Å². The van der Waals surface area contributed by atoms with Crippen molar-refractivity contribution in [3.05, 3.63) is 46.5 Å². The van der Waals surface area contributed by atoms with Gasteiger partial charge in [-0.1, -0.05) is 41.9 Å². The average Bonchev–Trinajstić information content (AvgIpc) is 2.58. The van der Waals surface area contributed by atoms with Gasteiger partial charge in [0.15, 0.2) is 0 Å². The van der Waals surface area contributed by atoms with E-state index in [1.54, 1.807) is 11.0 Å². The average molecular weight is 355 g/mol. The van der Waals surface area contributed by atoms with Gasteiger partial charge in [0.05, 0.1) is 10.0 Å². The lowest BCUT2D eigenvalue weighted by molar-refractivity contribution is -0.132. The van der Waals surface area contributed by atoms with Crippen molar-refractivity contribution in [2.24, 2.45) is 5.92 Å². The summed E-state index contributed by atoms with van der Waals surface area (Å²) in [5, 5.41) is 4.01. The van der Waals surface area contributed by atoms with Crippen LogP contribution in [-0.2, 0) is 16.0 Å². The molecule has 0 spiro atoms.